The first-order chi connectivity index (χ1) is 8.43. The Labute approximate surface area is 134 Å². The molecule has 0 aromatic carbocycles. The number of hydrogen-bond donors (Lipinski definition) is 4. The molecule has 0 aliphatic heterocycles. The van der Waals surface area contributed by atoms with E-state index in [2.05, 4.69) is 0 Å². The van der Waals surface area contributed by atoms with Gasteiger partial charge in [-0.05, 0) is 48.3 Å². The zero-order valence-corrected chi connectivity index (χ0v) is 16.5. The van der Waals surface area contributed by atoms with Gasteiger partial charge >= 0.3 is 0 Å². The smallest absolute Gasteiger partial charge is 0.0402 e. The molecule has 0 aromatic rings. The molecule has 0 fully saturated rings. The maximum atomic E-state index is 9.70. The summed E-state index contributed by atoms with van der Waals surface area (Å²) >= 11 is 0. The van der Waals surface area contributed by atoms with Gasteiger partial charge < -0.3 is 30.4 Å². The van der Waals surface area contributed by atoms with Crippen molar-refractivity contribution in [2.45, 2.75) is 27.7 Å². The summed E-state index contributed by atoms with van der Waals surface area (Å²) < 4.78 is 0. The summed E-state index contributed by atoms with van der Waals surface area (Å²) in [5.41, 5.74) is 0. The summed E-state index contributed by atoms with van der Waals surface area (Å²) in [7, 11) is 3.77. The van der Waals surface area contributed by atoms with E-state index in [-0.39, 0.29) is 55.4 Å². The molecule has 19 heavy (non-hydrogen) atoms. The Bertz CT molecular complexity index is 73.1. The molecule has 0 rings (SSSR count). The molecule has 0 atom stereocenters. The van der Waals surface area contributed by atoms with Crippen LogP contribution in [0.5, 0.6) is 0 Å². The van der Waals surface area contributed by atoms with Crippen LogP contribution in [0, 0.1) is 0 Å². The predicted molar refractivity (Wildman–Crippen MR) is 74.5 cm³/mol. The van der Waals surface area contributed by atoms with E-state index in [0.29, 0.717) is 6.54 Å². The first-order valence-electron chi connectivity index (χ1n) is 6.09. The summed E-state index contributed by atoms with van der Waals surface area (Å²) in [6, 6.07) is 0. The van der Waals surface area contributed by atoms with Gasteiger partial charge in [0.25, 0.3) is 0 Å². The molecule has 1 radical (unpaired) electrons. The number of aliphatic hydroxyl groups is 4. The van der Waals surface area contributed by atoms with Crippen LogP contribution in [0.15, 0.2) is 0 Å². The molecule has 6 nitrogen and oxygen atoms in total. The van der Waals surface area contributed by atoms with Crippen molar-refractivity contribution >= 4 is 0 Å². The summed E-state index contributed by atoms with van der Waals surface area (Å²) in [5.74, 6) is 0. The van der Waals surface area contributed by atoms with Gasteiger partial charge in [-0.15, -0.1) is 6.61 Å². The van der Waals surface area contributed by atoms with Gasteiger partial charge in [0, 0.05) is 48.8 Å². The third kappa shape index (κ3) is 411. The zero-order valence-electron chi connectivity index (χ0n) is 13.3. The van der Waals surface area contributed by atoms with Crippen LogP contribution in [0.2, 0.25) is 0 Å². The van der Waals surface area contributed by atoms with Gasteiger partial charge in [-0.3, -0.25) is 0 Å². The average Bonchev–Trinajstić information content (AvgIpc) is 2.21. The Morgan fingerprint density at radius 1 is 0.737 bits per heavy atom. The Morgan fingerprint density at radius 2 is 0.895 bits per heavy atom. The molecule has 7 heteroatoms. The Kier molecular flexibility index (Phi) is 121. The van der Waals surface area contributed by atoms with E-state index in [9.17, 15) is 5.11 Å². The number of hydrogen-bond acceptors (Lipinski definition) is 6. The number of aliphatic hydroxyl groups excluding tert-OH is 4. The van der Waals surface area contributed by atoms with Crippen molar-refractivity contribution in [2.24, 2.45) is 0 Å². The van der Waals surface area contributed by atoms with Crippen molar-refractivity contribution in [1.82, 2.24) is 4.90 Å². The number of nitrogens with zero attached hydrogens (tertiary/aromatic N) is 1. The van der Waals surface area contributed by atoms with Crippen LogP contribution >= 0.6 is 0 Å². The molecule has 4 N–H and O–H groups in total. The molecule has 0 unspecified atom stereocenters. The van der Waals surface area contributed by atoms with Crippen LogP contribution in [0.4, 0.5) is 0 Å². The van der Waals surface area contributed by atoms with Crippen molar-refractivity contribution in [3.63, 3.8) is 0 Å². The molecule has 0 saturated heterocycles. The predicted octanol–water partition coefficient (Wildman–Crippen LogP) is -1.10. The van der Waals surface area contributed by atoms with Crippen molar-refractivity contribution in [3.8, 4) is 0 Å². The van der Waals surface area contributed by atoms with Crippen molar-refractivity contribution in [2.75, 3.05) is 53.7 Å². The average molecular weight is 453 g/mol. The van der Waals surface area contributed by atoms with Crippen LogP contribution < -0.4 is 5.11 Å². The van der Waals surface area contributed by atoms with Gasteiger partial charge in [-0.2, -0.15) is 0 Å². The van der Waals surface area contributed by atoms with Crippen molar-refractivity contribution < 1.29 is 47.9 Å². The molecule has 123 valence electrons. The molecule has 0 aromatic heterocycles. The Hall–Kier alpha value is 0.500. The van der Waals surface area contributed by atoms with Crippen LogP contribution in [-0.4, -0.2) is 79.0 Å². The van der Waals surface area contributed by atoms with Crippen LogP contribution in [0.1, 0.15) is 27.7 Å². The van der Waals surface area contributed by atoms with Gasteiger partial charge in [-0.1, -0.05) is 0 Å². The normalized spacial score (nSPS) is 6.95. The second-order valence-corrected chi connectivity index (χ2v) is 2.77. The molecule has 0 bridgehead atoms. The topological polar surface area (TPSA) is 107 Å². The monoisotopic (exact) mass is 453 g/mol. The molecule has 0 saturated carbocycles. The third-order valence-corrected chi connectivity index (χ3v) is 0.539. The second-order valence-electron chi connectivity index (χ2n) is 2.77. The van der Waals surface area contributed by atoms with Crippen LogP contribution in [0.25, 0.3) is 0 Å². The SMILES string of the molecule is CCO.CCO.CCO.CCO.CN(C)CC[O-].[Ta]. The van der Waals surface area contributed by atoms with E-state index in [4.69, 9.17) is 20.4 Å². The molecule has 0 amide bonds. The molecular formula is C12H34NO5Ta-. The van der Waals surface area contributed by atoms with E-state index in [1.54, 1.807) is 27.7 Å². The second kappa shape index (κ2) is 62.8. The Morgan fingerprint density at radius 3 is 0.895 bits per heavy atom. The first kappa shape index (κ1) is 36.6. The van der Waals surface area contributed by atoms with Crippen molar-refractivity contribution in [1.29, 1.82) is 0 Å². The minimum atomic E-state index is 0. The fraction of sp³-hybridized carbons (Fsp3) is 1.00. The summed E-state index contributed by atoms with van der Waals surface area (Å²) in [4.78, 5) is 1.87. The molecule has 0 aliphatic rings. The summed E-state index contributed by atoms with van der Waals surface area (Å²) in [5, 5.41) is 40.0. The minimum absolute atomic E-state index is 0. The van der Waals surface area contributed by atoms with Gasteiger partial charge in [0.05, 0.1) is 0 Å². The fourth-order valence-electron chi connectivity index (χ4n) is 0.183. The third-order valence-electron chi connectivity index (χ3n) is 0.539. The van der Waals surface area contributed by atoms with Crippen LogP contribution in [0.3, 0.4) is 0 Å². The summed E-state index contributed by atoms with van der Waals surface area (Å²) in [6.45, 7) is 8.38. The van der Waals surface area contributed by atoms with E-state index < -0.39 is 0 Å². The van der Waals surface area contributed by atoms with Gasteiger partial charge in [-0.25, -0.2) is 0 Å². The molecular weight excluding hydrogens is 419 g/mol. The minimum Gasteiger partial charge on any atom is -0.854 e. The molecule has 0 aliphatic carbocycles. The summed E-state index contributed by atoms with van der Waals surface area (Å²) in [6.07, 6.45) is 0. The van der Waals surface area contributed by atoms with Gasteiger partial charge in [0.1, 0.15) is 0 Å². The van der Waals surface area contributed by atoms with E-state index in [1.165, 1.54) is 0 Å². The quantitative estimate of drug-likeness (QED) is 0.423. The van der Waals surface area contributed by atoms with Crippen LogP contribution in [-0.2, 0) is 22.4 Å². The van der Waals surface area contributed by atoms with Crippen molar-refractivity contribution in [3.05, 3.63) is 0 Å². The Balaban J connectivity index is -0.0000000287. The maximum Gasteiger partial charge on any atom is 0.0402 e. The van der Waals surface area contributed by atoms with Gasteiger partial charge in [0.2, 0.25) is 0 Å². The molecule has 0 heterocycles. The standard InChI is InChI=1S/C4H10NO.4C2H6O.Ta/c1-5(2)3-4-6;4*1-2-3;/h3-4H2,1-2H3;4*3H,2H2,1H3;/q-1;;;;;. The van der Waals surface area contributed by atoms with Gasteiger partial charge in [0.15, 0.2) is 0 Å². The molecule has 0 spiro atoms. The number of likely N-dealkylation sites (N-methyl/N-ethyl adjacent to an activating group) is 1. The zero-order chi connectivity index (χ0) is 15.8. The van der Waals surface area contributed by atoms with E-state index in [1.807, 2.05) is 19.0 Å². The fourth-order valence-corrected chi connectivity index (χ4v) is 0.183. The van der Waals surface area contributed by atoms with E-state index >= 15 is 0 Å². The van der Waals surface area contributed by atoms with E-state index in [0.717, 1.165) is 0 Å². The first-order valence-corrected chi connectivity index (χ1v) is 6.09. The number of rotatable bonds is 2. The largest absolute Gasteiger partial charge is 0.854 e. The maximum absolute atomic E-state index is 9.70.